The second-order valence-electron chi connectivity index (χ2n) is 7.72. The molecule has 8 heteroatoms. The van der Waals surface area contributed by atoms with Crippen LogP contribution in [0, 0.1) is 11.6 Å². The van der Waals surface area contributed by atoms with E-state index in [-0.39, 0.29) is 17.8 Å². The first-order valence-corrected chi connectivity index (χ1v) is 10.3. The zero-order valence-corrected chi connectivity index (χ0v) is 18.2. The summed E-state index contributed by atoms with van der Waals surface area (Å²) < 4.78 is 37.6. The maximum atomic E-state index is 13.8. The summed E-state index contributed by atoms with van der Waals surface area (Å²) in [5, 5.41) is 2.55. The molecule has 0 unspecified atom stereocenters. The normalized spacial score (nSPS) is 16.3. The number of halogens is 2. The minimum absolute atomic E-state index is 0.0182. The Morgan fingerprint density at radius 2 is 1.94 bits per heavy atom. The molecule has 6 nitrogen and oxygen atoms in total. The maximum absolute atomic E-state index is 13.8. The molecule has 1 heterocycles. The quantitative estimate of drug-likeness (QED) is 0.713. The van der Waals surface area contributed by atoms with E-state index in [4.69, 9.17) is 9.47 Å². The second-order valence-corrected chi connectivity index (χ2v) is 7.72. The molecule has 1 fully saturated rings. The van der Waals surface area contributed by atoms with Gasteiger partial charge in [0.15, 0.2) is 11.5 Å². The number of urea groups is 1. The van der Waals surface area contributed by atoms with Crippen molar-refractivity contribution in [1.82, 2.24) is 9.80 Å². The van der Waals surface area contributed by atoms with E-state index < -0.39 is 11.6 Å². The lowest BCUT2D eigenvalue weighted by molar-refractivity contribution is 0.133. The number of methoxy groups -OCH3 is 2. The highest BCUT2D eigenvalue weighted by atomic mass is 19.1. The molecule has 31 heavy (non-hydrogen) atoms. The fourth-order valence-electron chi connectivity index (χ4n) is 3.81. The van der Waals surface area contributed by atoms with Crippen molar-refractivity contribution in [2.24, 2.45) is 0 Å². The van der Waals surface area contributed by atoms with Crippen molar-refractivity contribution in [1.29, 1.82) is 0 Å². The summed E-state index contributed by atoms with van der Waals surface area (Å²) in [6.07, 6.45) is 2.68. The third kappa shape index (κ3) is 5.85. The molecule has 1 saturated heterocycles. The van der Waals surface area contributed by atoms with Gasteiger partial charge in [0.05, 0.1) is 19.9 Å². The molecular weight excluding hydrogens is 404 g/mol. The molecule has 0 aliphatic carbocycles. The van der Waals surface area contributed by atoms with Crippen molar-refractivity contribution in [2.45, 2.75) is 25.3 Å². The van der Waals surface area contributed by atoms with Crippen LogP contribution < -0.4 is 14.8 Å². The minimum atomic E-state index is -0.783. The molecule has 0 radical (unpaired) electrons. The first-order chi connectivity index (χ1) is 14.9. The Morgan fingerprint density at radius 1 is 1.16 bits per heavy atom. The lowest BCUT2D eigenvalue weighted by Gasteiger charge is -2.37. The Bertz CT molecular complexity index is 910. The summed E-state index contributed by atoms with van der Waals surface area (Å²) in [5.74, 6) is -0.0547. The predicted octanol–water partition coefficient (Wildman–Crippen LogP) is 4.15. The molecule has 1 aliphatic rings. The van der Waals surface area contributed by atoms with Gasteiger partial charge >= 0.3 is 6.03 Å². The van der Waals surface area contributed by atoms with Crippen LogP contribution in [0.15, 0.2) is 36.4 Å². The number of anilines is 1. The molecule has 0 spiro atoms. The Hall–Kier alpha value is -2.87. The summed E-state index contributed by atoms with van der Waals surface area (Å²) in [7, 11) is 5.28. The van der Waals surface area contributed by atoms with Gasteiger partial charge in [-0.25, -0.2) is 13.6 Å². The summed E-state index contributed by atoms with van der Waals surface area (Å²) in [6.45, 7) is 1.98. The fourth-order valence-corrected chi connectivity index (χ4v) is 3.81. The Morgan fingerprint density at radius 3 is 2.65 bits per heavy atom. The second kappa shape index (κ2) is 10.4. The number of benzene rings is 2. The first-order valence-electron chi connectivity index (χ1n) is 10.3. The van der Waals surface area contributed by atoms with Gasteiger partial charge in [0.25, 0.3) is 0 Å². The molecular formula is C23H29F2N3O3. The number of piperidine rings is 1. The van der Waals surface area contributed by atoms with Gasteiger partial charge in [-0.1, -0.05) is 6.07 Å². The Kier molecular flexibility index (Phi) is 7.68. The number of hydrogen-bond acceptors (Lipinski definition) is 4. The lowest BCUT2D eigenvalue weighted by atomic mass is 10.0. The SMILES string of the molecule is COc1ccc(CCN(C)[C@@H]2CCCN(C(=O)Nc3ccc(F)cc3F)C2)cc1OC. The van der Waals surface area contributed by atoms with Crippen LogP contribution in [-0.2, 0) is 6.42 Å². The zero-order valence-electron chi connectivity index (χ0n) is 18.2. The molecule has 168 valence electrons. The largest absolute Gasteiger partial charge is 0.493 e. The number of nitrogens with one attached hydrogen (secondary N) is 1. The smallest absolute Gasteiger partial charge is 0.321 e. The number of carbonyl (C=O) groups excluding carboxylic acids is 1. The van der Waals surface area contributed by atoms with Crippen LogP contribution in [-0.4, -0.2) is 62.8 Å². The van der Waals surface area contributed by atoms with Crippen molar-refractivity contribution in [3.63, 3.8) is 0 Å². The third-order valence-corrected chi connectivity index (χ3v) is 5.68. The van der Waals surface area contributed by atoms with Gasteiger partial charge in [-0.15, -0.1) is 0 Å². The van der Waals surface area contributed by atoms with Gasteiger partial charge < -0.3 is 24.6 Å². The van der Waals surface area contributed by atoms with Crippen LogP contribution >= 0.6 is 0 Å². The Balaban J connectivity index is 1.55. The van der Waals surface area contributed by atoms with E-state index in [9.17, 15) is 13.6 Å². The highest BCUT2D eigenvalue weighted by Gasteiger charge is 2.26. The van der Waals surface area contributed by atoms with E-state index in [0.29, 0.717) is 24.6 Å². The summed E-state index contributed by atoms with van der Waals surface area (Å²) >= 11 is 0. The predicted molar refractivity (Wildman–Crippen MR) is 116 cm³/mol. The van der Waals surface area contributed by atoms with Gasteiger partial charge in [-0.2, -0.15) is 0 Å². The van der Waals surface area contributed by atoms with Crippen LogP contribution in [0.3, 0.4) is 0 Å². The van der Waals surface area contributed by atoms with Crippen molar-refractivity contribution in [3.05, 3.63) is 53.6 Å². The van der Waals surface area contributed by atoms with E-state index in [1.807, 2.05) is 25.2 Å². The van der Waals surface area contributed by atoms with Crippen LogP contribution in [0.1, 0.15) is 18.4 Å². The van der Waals surface area contributed by atoms with Gasteiger partial charge in [0.1, 0.15) is 11.6 Å². The van der Waals surface area contributed by atoms with Crippen LogP contribution in [0.2, 0.25) is 0 Å². The average molecular weight is 433 g/mol. The third-order valence-electron chi connectivity index (χ3n) is 5.68. The molecule has 2 amide bonds. The molecule has 1 aliphatic heterocycles. The summed E-state index contributed by atoms with van der Waals surface area (Å²) in [4.78, 5) is 16.5. The zero-order chi connectivity index (χ0) is 22.4. The molecule has 1 atom stereocenters. The Labute approximate surface area is 181 Å². The molecule has 0 aromatic heterocycles. The number of carbonyl (C=O) groups is 1. The van der Waals surface area contributed by atoms with E-state index in [0.717, 1.165) is 43.5 Å². The number of ether oxygens (including phenoxy) is 2. The molecule has 2 aromatic carbocycles. The maximum Gasteiger partial charge on any atom is 0.321 e. The van der Waals surface area contributed by atoms with Crippen LogP contribution in [0.5, 0.6) is 11.5 Å². The fraction of sp³-hybridized carbons (Fsp3) is 0.435. The van der Waals surface area contributed by atoms with Crippen molar-refractivity contribution in [2.75, 3.05) is 46.2 Å². The number of likely N-dealkylation sites (N-methyl/N-ethyl adjacent to an activating group) is 1. The highest BCUT2D eigenvalue weighted by Crippen LogP contribution is 2.28. The number of hydrogen-bond donors (Lipinski definition) is 1. The molecule has 3 rings (SSSR count). The number of rotatable bonds is 7. The van der Waals surface area contributed by atoms with Gasteiger partial charge in [0, 0.05) is 31.7 Å². The van der Waals surface area contributed by atoms with Gasteiger partial charge in [-0.3, -0.25) is 0 Å². The lowest BCUT2D eigenvalue weighted by Crippen LogP contribution is -2.50. The highest BCUT2D eigenvalue weighted by molar-refractivity contribution is 5.89. The topological polar surface area (TPSA) is 54.0 Å². The van der Waals surface area contributed by atoms with E-state index in [1.165, 1.54) is 6.07 Å². The number of likely N-dealkylation sites (tertiary alicyclic amines) is 1. The van der Waals surface area contributed by atoms with Gasteiger partial charge in [-0.05, 0) is 56.1 Å². The monoisotopic (exact) mass is 433 g/mol. The number of nitrogens with zero attached hydrogens (tertiary/aromatic N) is 2. The summed E-state index contributed by atoms with van der Waals surface area (Å²) in [5.41, 5.74) is 1.12. The molecule has 2 aromatic rings. The van der Waals surface area contributed by atoms with Crippen molar-refractivity contribution >= 4 is 11.7 Å². The first kappa shape index (κ1) is 22.8. The van der Waals surface area contributed by atoms with Crippen LogP contribution in [0.25, 0.3) is 0 Å². The van der Waals surface area contributed by atoms with Crippen molar-refractivity contribution < 1.29 is 23.0 Å². The van der Waals surface area contributed by atoms with E-state index in [1.54, 1.807) is 19.1 Å². The standard InChI is InChI=1S/C23H29F2N3O3/c1-27(12-10-16-6-9-21(30-2)22(13-16)31-3)18-5-4-11-28(15-18)23(29)26-20-8-7-17(24)14-19(20)25/h6-9,13-14,18H,4-5,10-12,15H2,1-3H3,(H,26,29)/t18-/m1/s1. The minimum Gasteiger partial charge on any atom is -0.493 e. The molecule has 0 bridgehead atoms. The molecule has 0 saturated carbocycles. The molecule has 1 N–H and O–H groups in total. The van der Waals surface area contributed by atoms with E-state index in [2.05, 4.69) is 10.2 Å². The number of amides is 2. The summed E-state index contributed by atoms with van der Waals surface area (Å²) in [6, 6.07) is 8.85. The van der Waals surface area contributed by atoms with Gasteiger partial charge in [0.2, 0.25) is 0 Å². The van der Waals surface area contributed by atoms with Crippen molar-refractivity contribution in [3.8, 4) is 11.5 Å². The average Bonchev–Trinajstić information content (AvgIpc) is 2.79. The van der Waals surface area contributed by atoms with E-state index >= 15 is 0 Å². The van der Waals surface area contributed by atoms with Crippen LogP contribution in [0.4, 0.5) is 19.3 Å².